The van der Waals surface area contributed by atoms with Gasteiger partial charge in [0.2, 0.25) is 10.0 Å². The lowest BCUT2D eigenvalue weighted by molar-refractivity contribution is 0.360. The first-order chi connectivity index (χ1) is 9.77. The molecular weight excluding hydrogens is 374 g/mol. The Morgan fingerprint density at radius 1 is 1.38 bits per heavy atom. The summed E-state index contributed by atoms with van der Waals surface area (Å²) in [7, 11) is -3.47. The highest BCUT2D eigenvalue weighted by Crippen LogP contribution is 2.35. The standard InChI is InChI=1S/C15H21BrClNO2S/c1-10(2)9-18(13-4-5-13)21(19,20)15-7-12(8-17)6-14(16)11(15)3/h6-7,10,13H,4-5,8-9H2,1-3H3. The summed E-state index contributed by atoms with van der Waals surface area (Å²) in [6.07, 6.45) is 1.92. The normalized spacial score (nSPS) is 16.0. The fraction of sp³-hybridized carbons (Fsp3) is 0.600. The van der Waals surface area contributed by atoms with Crippen LogP contribution in [0.2, 0.25) is 0 Å². The van der Waals surface area contributed by atoms with Crippen molar-refractivity contribution >= 4 is 37.6 Å². The maximum absolute atomic E-state index is 13.1. The zero-order valence-corrected chi connectivity index (χ0v) is 15.7. The van der Waals surface area contributed by atoms with Crippen LogP contribution < -0.4 is 0 Å². The van der Waals surface area contributed by atoms with E-state index < -0.39 is 10.0 Å². The number of rotatable bonds is 6. The highest BCUT2D eigenvalue weighted by molar-refractivity contribution is 9.10. The van der Waals surface area contributed by atoms with E-state index in [2.05, 4.69) is 15.9 Å². The van der Waals surface area contributed by atoms with Gasteiger partial charge in [-0.1, -0.05) is 29.8 Å². The summed E-state index contributed by atoms with van der Waals surface area (Å²) in [6, 6.07) is 3.75. The predicted molar refractivity (Wildman–Crippen MR) is 90.2 cm³/mol. The fourth-order valence-corrected chi connectivity index (χ4v) is 5.28. The smallest absolute Gasteiger partial charge is 0.207 e. The van der Waals surface area contributed by atoms with Gasteiger partial charge in [0.1, 0.15) is 0 Å². The van der Waals surface area contributed by atoms with Gasteiger partial charge in [-0.05, 0) is 48.9 Å². The number of sulfonamides is 1. The lowest BCUT2D eigenvalue weighted by atomic mass is 10.2. The van der Waals surface area contributed by atoms with E-state index in [-0.39, 0.29) is 6.04 Å². The van der Waals surface area contributed by atoms with E-state index in [0.29, 0.717) is 23.2 Å². The molecule has 1 aliphatic carbocycles. The third kappa shape index (κ3) is 3.81. The molecule has 3 nitrogen and oxygen atoms in total. The van der Waals surface area contributed by atoms with Crippen LogP contribution >= 0.6 is 27.5 Å². The molecule has 1 aromatic rings. The van der Waals surface area contributed by atoms with Crippen molar-refractivity contribution in [1.82, 2.24) is 4.31 Å². The fourth-order valence-electron chi connectivity index (χ4n) is 2.34. The molecule has 1 aliphatic rings. The molecule has 0 heterocycles. The highest BCUT2D eigenvalue weighted by atomic mass is 79.9. The minimum atomic E-state index is -3.47. The maximum Gasteiger partial charge on any atom is 0.243 e. The van der Waals surface area contributed by atoms with E-state index in [1.807, 2.05) is 26.8 Å². The summed E-state index contributed by atoms with van der Waals surface area (Å²) < 4.78 is 28.6. The monoisotopic (exact) mass is 393 g/mol. The Morgan fingerprint density at radius 2 is 2.00 bits per heavy atom. The lowest BCUT2D eigenvalue weighted by Crippen LogP contribution is -2.36. The largest absolute Gasteiger partial charge is 0.243 e. The van der Waals surface area contributed by atoms with Crippen LogP contribution in [0.15, 0.2) is 21.5 Å². The second-order valence-corrected chi connectivity index (χ2v) is 9.01. The van der Waals surface area contributed by atoms with Crippen LogP contribution in [0.5, 0.6) is 0 Å². The van der Waals surface area contributed by atoms with Gasteiger partial charge < -0.3 is 0 Å². The summed E-state index contributed by atoms with van der Waals surface area (Å²) in [6.45, 7) is 6.48. The number of halogens is 2. The average molecular weight is 395 g/mol. The quantitative estimate of drug-likeness (QED) is 0.674. The van der Waals surface area contributed by atoms with Crippen molar-refractivity contribution in [2.45, 2.75) is 50.4 Å². The first-order valence-corrected chi connectivity index (χ1v) is 9.91. The summed E-state index contributed by atoms with van der Waals surface area (Å²) in [5, 5.41) is 0. The van der Waals surface area contributed by atoms with E-state index in [0.717, 1.165) is 28.4 Å². The Morgan fingerprint density at radius 3 is 2.48 bits per heavy atom. The Kier molecular flexibility index (Phi) is 5.40. The van der Waals surface area contributed by atoms with Gasteiger partial charge in [0.05, 0.1) is 4.90 Å². The van der Waals surface area contributed by atoms with Gasteiger partial charge in [0, 0.05) is 22.9 Å². The average Bonchev–Trinajstić information content (AvgIpc) is 3.22. The van der Waals surface area contributed by atoms with Crippen LogP contribution in [0.3, 0.4) is 0 Å². The summed E-state index contributed by atoms with van der Waals surface area (Å²) in [4.78, 5) is 0.375. The highest BCUT2D eigenvalue weighted by Gasteiger charge is 2.39. The Hall–Kier alpha value is -0.100. The van der Waals surface area contributed by atoms with E-state index in [4.69, 9.17) is 11.6 Å². The van der Waals surface area contributed by atoms with Gasteiger partial charge in [-0.3, -0.25) is 0 Å². The number of alkyl halides is 1. The molecule has 1 aromatic carbocycles. The Labute approximate surface area is 140 Å². The van der Waals surface area contributed by atoms with Gasteiger partial charge in [-0.2, -0.15) is 4.31 Å². The number of benzene rings is 1. The van der Waals surface area contributed by atoms with Crippen LogP contribution in [-0.2, 0) is 15.9 Å². The van der Waals surface area contributed by atoms with Crippen LogP contribution in [-0.4, -0.2) is 25.3 Å². The number of hydrogen-bond acceptors (Lipinski definition) is 2. The van der Waals surface area contributed by atoms with Crippen LogP contribution in [0.4, 0.5) is 0 Å². The van der Waals surface area contributed by atoms with Crippen molar-refractivity contribution in [3.05, 3.63) is 27.7 Å². The molecule has 0 radical (unpaired) electrons. The molecule has 0 aromatic heterocycles. The van der Waals surface area contributed by atoms with E-state index >= 15 is 0 Å². The minimum absolute atomic E-state index is 0.162. The molecule has 0 aliphatic heterocycles. The predicted octanol–water partition coefficient (Wildman–Crippen LogP) is 4.31. The van der Waals surface area contributed by atoms with Crippen LogP contribution in [0, 0.1) is 12.8 Å². The molecule has 0 spiro atoms. The molecule has 1 saturated carbocycles. The van der Waals surface area contributed by atoms with Gasteiger partial charge in [0.15, 0.2) is 0 Å². The molecule has 118 valence electrons. The molecule has 0 bridgehead atoms. The third-order valence-electron chi connectivity index (χ3n) is 3.60. The summed E-state index contributed by atoms with van der Waals surface area (Å²) >= 11 is 9.32. The molecule has 0 amide bonds. The molecule has 0 atom stereocenters. The van der Waals surface area contributed by atoms with Gasteiger partial charge >= 0.3 is 0 Å². The van der Waals surface area contributed by atoms with Crippen molar-refractivity contribution in [2.75, 3.05) is 6.54 Å². The molecule has 0 saturated heterocycles. The number of nitrogens with zero attached hydrogens (tertiary/aromatic N) is 1. The summed E-state index contributed by atoms with van der Waals surface area (Å²) in [5.41, 5.74) is 1.56. The van der Waals surface area contributed by atoms with Gasteiger partial charge in [0.25, 0.3) is 0 Å². The van der Waals surface area contributed by atoms with E-state index in [1.54, 1.807) is 10.4 Å². The van der Waals surface area contributed by atoms with E-state index in [9.17, 15) is 8.42 Å². The molecule has 0 unspecified atom stereocenters. The third-order valence-corrected chi connectivity index (χ3v) is 6.77. The Balaban J connectivity index is 2.49. The zero-order chi connectivity index (χ0) is 15.8. The number of hydrogen-bond donors (Lipinski definition) is 0. The SMILES string of the molecule is Cc1c(Br)cc(CCl)cc1S(=O)(=O)N(CC(C)C)C1CC1. The minimum Gasteiger partial charge on any atom is -0.207 e. The molecule has 1 fully saturated rings. The zero-order valence-electron chi connectivity index (χ0n) is 12.6. The molecule has 21 heavy (non-hydrogen) atoms. The summed E-state index contributed by atoms with van der Waals surface area (Å²) in [5.74, 6) is 0.606. The lowest BCUT2D eigenvalue weighted by Gasteiger charge is -2.25. The van der Waals surface area contributed by atoms with Gasteiger partial charge in [-0.25, -0.2) is 8.42 Å². The molecule has 6 heteroatoms. The second-order valence-electron chi connectivity index (χ2n) is 6.03. The topological polar surface area (TPSA) is 37.4 Å². The van der Waals surface area contributed by atoms with Crippen LogP contribution in [0.1, 0.15) is 37.8 Å². The molecule has 2 rings (SSSR count). The van der Waals surface area contributed by atoms with Crippen LogP contribution in [0.25, 0.3) is 0 Å². The molecular formula is C15H21BrClNO2S. The van der Waals surface area contributed by atoms with Crippen molar-refractivity contribution < 1.29 is 8.42 Å². The molecule has 0 N–H and O–H groups in total. The first-order valence-electron chi connectivity index (χ1n) is 7.14. The Bertz CT molecular complexity index is 627. The van der Waals surface area contributed by atoms with Crippen molar-refractivity contribution in [2.24, 2.45) is 5.92 Å². The second kappa shape index (κ2) is 6.57. The van der Waals surface area contributed by atoms with Crippen molar-refractivity contribution in [1.29, 1.82) is 0 Å². The van der Waals surface area contributed by atoms with Crippen molar-refractivity contribution in [3.8, 4) is 0 Å². The maximum atomic E-state index is 13.1. The van der Waals surface area contributed by atoms with E-state index in [1.165, 1.54) is 0 Å². The van der Waals surface area contributed by atoms with Crippen molar-refractivity contribution in [3.63, 3.8) is 0 Å². The first kappa shape index (κ1) is 17.3. The van der Waals surface area contributed by atoms with Gasteiger partial charge in [-0.15, -0.1) is 11.6 Å².